The number of methoxy groups -OCH3 is 2. The summed E-state index contributed by atoms with van der Waals surface area (Å²) < 4.78 is 15.1. The summed E-state index contributed by atoms with van der Waals surface area (Å²) in [5.74, 6) is -0.962. The number of carbonyl (C=O) groups is 2. The van der Waals surface area contributed by atoms with E-state index in [0.717, 1.165) is 0 Å². The van der Waals surface area contributed by atoms with Crippen LogP contribution in [0.3, 0.4) is 0 Å². The minimum atomic E-state index is -1.46. The van der Waals surface area contributed by atoms with Gasteiger partial charge < -0.3 is 24.3 Å². The van der Waals surface area contributed by atoms with Crippen LogP contribution in [-0.2, 0) is 20.7 Å². The number of hydrogen-bond donors (Lipinski definition) is 2. The summed E-state index contributed by atoms with van der Waals surface area (Å²) in [7, 11) is 2.68. The molecule has 8 heteroatoms. The Morgan fingerprint density at radius 2 is 1.83 bits per heavy atom. The molecule has 30 heavy (non-hydrogen) atoms. The number of ether oxygens (including phenoxy) is 2. The molecular formula is C22H21NO7. The standard InChI is InChI=1S/C22H21NO7/c1-28-15-8-9-16-14(11-19(24)30-18(16)12-15)10-17(22(27)29-2)23-21(26)20(25)13-6-4-3-5-7-13/h3-9,11-12,17,20,25H,10H2,1-2H3,(H,23,26)/t17-,20-/m0/s1. The van der Waals surface area contributed by atoms with Crippen molar-refractivity contribution in [3.05, 3.63) is 76.1 Å². The van der Waals surface area contributed by atoms with Crippen molar-refractivity contribution in [3.63, 3.8) is 0 Å². The monoisotopic (exact) mass is 411 g/mol. The fourth-order valence-electron chi connectivity index (χ4n) is 3.10. The molecule has 8 nitrogen and oxygen atoms in total. The molecule has 1 heterocycles. The van der Waals surface area contributed by atoms with E-state index in [1.165, 1.54) is 20.3 Å². The van der Waals surface area contributed by atoms with Gasteiger partial charge in [0, 0.05) is 23.9 Å². The van der Waals surface area contributed by atoms with Gasteiger partial charge in [-0.05, 0) is 23.3 Å². The Hall–Kier alpha value is -3.65. The van der Waals surface area contributed by atoms with E-state index < -0.39 is 29.6 Å². The van der Waals surface area contributed by atoms with Crippen LogP contribution in [0.5, 0.6) is 5.75 Å². The average Bonchev–Trinajstić information content (AvgIpc) is 2.77. The van der Waals surface area contributed by atoms with Crippen molar-refractivity contribution in [3.8, 4) is 5.75 Å². The van der Waals surface area contributed by atoms with Crippen LogP contribution in [0, 0.1) is 0 Å². The Balaban J connectivity index is 1.89. The Kier molecular flexibility index (Phi) is 6.48. The number of carbonyl (C=O) groups excluding carboxylic acids is 2. The molecule has 1 aromatic heterocycles. The fraction of sp³-hybridized carbons (Fsp3) is 0.227. The minimum absolute atomic E-state index is 0.0334. The highest BCUT2D eigenvalue weighted by Crippen LogP contribution is 2.23. The van der Waals surface area contributed by atoms with E-state index in [1.54, 1.807) is 48.5 Å². The molecule has 3 aromatic rings. The molecule has 0 bridgehead atoms. The van der Waals surface area contributed by atoms with Crippen LogP contribution in [0.25, 0.3) is 11.0 Å². The van der Waals surface area contributed by atoms with E-state index >= 15 is 0 Å². The summed E-state index contributed by atoms with van der Waals surface area (Å²) in [5.41, 5.74) is 0.548. The van der Waals surface area contributed by atoms with Gasteiger partial charge in [0.2, 0.25) is 0 Å². The van der Waals surface area contributed by atoms with Crippen LogP contribution in [0.1, 0.15) is 17.2 Å². The molecule has 0 aliphatic heterocycles. The molecule has 156 valence electrons. The zero-order valence-electron chi connectivity index (χ0n) is 16.5. The van der Waals surface area contributed by atoms with E-state index in [0.29, 0.717) is 22.3 Å². The maximum absolute atomic E-state index is 12.5. The van der Waals surface area contributed by atoms with E-state index in [1.807, 2.05) is 0 Å². The highest BCUT2D eigenvalue weighted by atomic mass is 16.5. The van der Waals surface area contributed by atoms with Gasteiger partial charge in [0.05, 0.1) is 14.2 Å². The third-order valence-electron chi connectivity index (χ3n) is 4.63. The first-order valence-electron chi connectivity index (χ1n) is 9.15. The number of aliphatic hydroxyl groups is 1. The lowest BCUT2D eigenvalue weighted by Crippen LogP contribution is -2.45. The number of benzene rings is 2. The van der Waals surface area contributed by atoms with Crippen LogP contribution in [0.4, 0.5) is 0 Å². The summed E-state index contributed by atoms with van der Waals surface area (Å²) in [5, 5.41) is 13.4. The summed E-state index contributed by atoms with van der Waals surface area (Å²) >= 11 is 0. The molecule has 0 unspecified atom stereocenters. The van der Waals surface area contributed by atoms with E-state index in [2.05, 4.69) is 5.32 Å². The zero-order chi connectivity index (χ0) is 21.7. The number of rotatable bonds is 7. The summed E-state index contributed by atoms with van der Waals surface area (Å²) in [4.78, 5) is 36.8. The van der Waals surface area contributed by atoms with Gasteiger partial charge in [-0.15, -0.1) is 0 Å². The lowest BCUT2D eigenvalue weighted by Gasteiger charge is -2.19. The van der Waals surface area contributed by atoms with Gasteiger partial charge in [0.1, 0.15) is 17.4 Å². The molecule has 3 rings (SSSR count). The highest BCUT2D eigenvalue weighted by molar-refractivity contribution is 5.88. The number of fused-ring (bicyclic) bond motifs is 1. The van der Waals surface area contributed by atoms with Gasteiger partial charge in [0.25, 0.3) is 5.91 Å². The van der Waals surface area contributed by atoms with Gasteiger partial charge >= 0.3 is 11.6 Å². The number of nitrogens with one attached hydrogen (secondary N) is 1. The first kappa shape index (κ1) is 21.1. The fourth-order valence-corrected chi connectivity index (χ4v) is 3.10. The predicted octanol–water partition coefficient (Wildman–Crippen LogP) is 1.74. The molecule has 0 spiro atoms. The second-order valence-electron chi connectivity index (χ2n) is 6.55. The van der Waals surface area contributed by atoms with Crippen molar-refractivity contribution in [1.82, 2.24) is 5.32 Å². The molecule has 1 amide bonds. The lowest BCUT2D eigenvalue weighted by atomic mass is 10.0. The molecule has 0 saturated carbocycles. The van der Waals surface area contributed by atoms with Crippen molar-refractivity contribution in [2.45, 2.75) is 18.6 Å². The maximum Gasteiger partial charge on any atom is 0.336 e. The first-order chi connectivity index (χ1) is 14.4. The molecule has 0 aliphatic rings. The number of esters is 1. The van der Waals surface area contributed by atoms with Crippen molar-refractivity contribution in [1.29, 1.82) is 0 Å². The van der Waals surface area contributed by atoms with Crippen LogP contribution in [0.15, 0.2) is 63.8 Å². The van der Waals surface area contributed by atoms with Gasteiger partial charge in [-0.2, -0.15) is 0 Å². The Morgan fingerprint density at radius 3 is 2.50 bits per heavy atom. The normalized spacial score (nSPS) is 12.8. The first-order valence-corrected chi connectivity index (χ1v) is 9.15. The molecule has 0 fully saturated rings. The second-order valence-corrected chi connectivity index (χ2v) is 6.55. The Bertz CT molecular complexity index is 1110. The van der Waals surface area contributed by atoms with Gasteiger partial charge in [-0.25, -0.2) is 9.59 Å². The Morgan fingerprint density at radius 1 is 1.10 bits per heavy atom. The van der Waals surface area contributed by atoms with Crippen LogP contribution in [0.2, 0.25) is 0 Å². The quantitative estimate of drug-likeness (QED) is 0.449. The molecule has 2 N–H and O–H groups in total. The van der Waals surface area contributed by atoms with Crippen molar-refractivity contribution >= 4 is 22.8 Å². The SMILES string of the molecule is COC(=O)[C@H](Cc1cc(=O)oc2cc(OC)ccc12)NC(=O)[C@@H](O)c1ccccc1. The van der Waals surface area contributed by atoms with Crippen molar-refractivity contribution in [2.75, 3.05) is 14.2 Å². The predicted molar refractivity (Wildman–Crippen MR) is 108 cm³/mol. The number of amides is 1. The Labute approximate surface area is 172 Å². The molecule has 2 atom stereocenters. The topological polar surface area (TPSA) is 115 Å². The molecular weight excluding hydrogens is 390 g/mol. The molecule has 0 aliphatic carbocycles. The van der Waals surface area contributed by atoms with Crippen molar-refractivity contribution in [2.24, 2.45) is 0 Å². The minimum Gasteiger partial charge on any atom is -0.497 e. The molecule has 0 saturated heterocycles. The van der Waals surface area contributed by atoms with Crippen LogP contribution < -0.4 is 15.7 Å². The number of hydrogen-bond acceptors (Lipinski definition) is 7. The molecule has 0 radical (unpaired) electrons. The highest BCUT2D eigenvalue weighted by Gasteiger charge is 2.27. The average molecular weight is 411 g/mol. The summed E-state index contributed by atoms with van der Waals surface area (Å²) in [6.45, 7) is 0. The smallest absolute Gasteiger partial charge is 0.336 e. The van der Waals surface area contributed by atoms with Crippen LogP contribution >= 0.6 is 0 Å². The summed E-state index contributed by atoms with van der Waals surface area (Å²) in [6.07, 6.45) is -1.49. The second kappa shape index (κ2) is 9.23. The van der Waals surface area contributed by atoms with Gasteiger partial charge in [-0.1, -0.05) is 30.3 Å². The zero-order valence-corrected chi connectivity index (χ0v) is 16.5. The van der Waals surface area contributed by atoms with Gasteiger partial charge in [0.15, 0.2) is 6.10 Å². The van der Waals surface area contributed by atoms with Crippen molar-refractivity contribution < 1.29 is 28.6 Å². The van der Waals surface area contributed by atoms with E-state index in [-0.39, 0.29) is 12.0 Å². The largest absolute Gasteiger partial charge is 0.497 e. The van der Waals surface area contributed by atoms with E-state index in [4.69, 9.17) is 13.9 Å². The molecule has 2 aromatic carbocycles. The maximum atomic E-state index is 12.5. The van der Waals surface area contributed by atoms with Crippen LogP contribution in [-0.4, -0.2) is 37.2 Å². The van der Waals surface area contributed by atoms with Gasteiger partial charge in [-0.3, -0.25) is 4.79 Å². The third kappa shape index (κ3) is 4.66. The van der Waals surface area contributed by atoms with E-state index in [9.17, 15) is 19.5 Å². The summed E-state index contributed by atoms with van der Waals surface area (Å²) in [6, 6.07) is 13.4. The number of aliphatic hydroxyl groups excluding tert-OH is 1. The lowest BCUT2D eigenvalue weighted by molar-refractivity contribution is -0.146. The third-order valence-corrected chi connectivity index (χ3v) is 4.63.